The molecule has 0 atom stereocenters. The monoisotopic (exact) mass is 438 g/mol. The Morgan fingerprint density at radius 1 is 1.18 bits per heavy atom. The summed E-state index contributed by atoms with van der Waals surface area (Å²) in [5, 5.41) is 8.63. The van der Waals surface area contributed by atoms with Crippen molar-refractivity contribution in [2.45, 2.75) is 45.7 Å². The van der Waals surface area contributed by atoms with Gasteiger partial charge in [-0.15, -0.1) is 0 Å². The van der Waals surface area contributed by atoms with E-state index in [-0.39, 0.29) is 5.91 Å². The Morgan fingerprint density at radius 2 is 2.06 bits per heavy atom. The number of nitrogens with one attached hydrogen (secondary N) is 2. The summed E-state index contributed by atoms with van der Waals surface area (Å²) >= 11 is 0. The van der Waals surface area contributed by atoms with E-state index >= 15 is 0 Å². The van der Waals surface area contributed by atoms with Crippen LogP contribution in [-0.2, 0) is 13.1 Å². The zero-order valence-corrected chi connectivity index (χ0v) is 18.8. The van der Waals surface area contributed by atoms with Gasteiger partial charge in [0.1, 0.15) is 5.65 Å². The molecule has 5 aromatic rings. The minimum absolute atomic E-state index is 0.127. The molecule has 2 N–H and O–H groups in total. The Morgan fingerprint density at radius 3 is 2.91 bits per heavy atom. The molecular weight excluding hydrogens is 412 g/mol. The number of carbonyl (C=O) groups excluding carboxylic acids is 1. The normalized spacial score (nSPS) is 13.8. The van der Waals surface area contributed by atoms with Gasteiger partial charge >= 0.3 is 0 Å². The number of nitrogens with zero attached hydrogens (tertiary/aromatic N) is 4. The second-order valence-electron chi connectivity index (χ2n) is 9.08. The van der Waals surface area contributed by atoms with Gasteiger partial charge in [-0.05, 0) is 73.1 Å². The van der Waals surface area contributed by atoms with E-state index in [1.807, 2.05) is 12.4 Å². The van der Waals surface area contributed by atoms with Gasteiger partial charge in [0.2, 0.25) is 0 Å². The maximum atomic E-state index is 12.8. The molecule has 1 aliphatic carbocycles. The highest BCUT2D eigenvalue weighted by Gasteiger charge is 2.23. The molecular formula is C26H26N6O. The molecule has 1 fully saturated rings. The second kappa shape index (κ2) is 7.62. The molecule has 1 saturated carbocycles. The van der Waals surface area contributed by atoms with Crippen LogP contribution in [-0.4, -0.2) is 30.1 Å². The van der Waals surface area contributed by atoms with Gasteiger partial charge in [-0.25, -0.2) is 4.98 Å². The largest absolute Gasteiger partial charge is 0.361 e. The number of hydrogen-bond donors (Lipinski definition) is 2. The Labute approximate surface area is 191 Å². The first-order chi connectivity index (χ1) is 16.0. The lowest BCUT2D eigenvalue weighted by Gasteiger charge is -2.12. The maximum absolute atomic E-state index is 12.8. The van der Waals surface area contributed by atoms with E-state index in [1.54, 1.807) is 17.1 Å². The van der Waals surface area contributed by atoms with Crippen molar-refractivity contribution >= 4 is 22.5 Å². The molecule has 4 aromatic heterocycles. The molecule has 0 aliphatic heterocycles. The second-order valence-corrected chi connectivity index (χ2v) is 9.08. The fourth-order valence-corrected chi connectivity index (χ4v) is 4.66. The molecule has 7 heteroatoms. The van der Waals surface area contributed by atoms with Gasteiger partial charge in [-0.3, -0.25) is 9.48 Å². The molecule has 166 valence electrons. The lowest BCUT2D eigenvalue weighted by Crippen LogP contribution is -2.23. The minimum Gasteiger partial charge on any atom is -0.361 e. The summed E-state index contributed by atoms with van der Waals surface area (Å²) in [4.78, 5) is 20.7. The topological polar surface area (TPSA) is 80.0 Å². The maximum Gasteiger partial charge on any atom is 0.254 e. The Bertz CT molecular complexity index is 1500. The van der Waals surface area contributed by atoms with Crippen molar-refractivity contribution in [3.63, 3.8) is 0 Å². The summed E-state index contributed by atoms with van der Waals surface area (Å²) in [6, 6.07) is 8.46. The van der Waals surface area contributed by atoms with E-state index in [0.29, 0.717) is 24.6 Å². The van der Waals surface area contributed by atoms with Crippen LogP contribution in [0, 0.1) is 13.8 Å². The van der Waals surface area contributed by atoms with Gasteiger partial charge in [0, 0.05) is 42.2 Å². The van der Waals surface area contributed by atoms with Crippen LogP contribution in [0.15, 0.2) is 55.2 Å². The fourth-order valence-electron chi connectivity index (χ4n) is 4.66. The smallest absolute Gasteiger partial charge is 0.254 e. The van der Waals surface area contributed by atoms with Gasteiger partial charge in [0.25, 0.3) is 5.91 Å². The van der Waals surface area contributed by atoms with Crippen LogP contribution in [0.2, 0.25) is 0 Å². The van der Waals surface area contributed by atoms with Crippen molar-refractivity contribution in [1.82, 2.24) is 29.5 Å². The van der Waals surface area contributed by atoms with Crippen molar-refractivity contribution < 1.29 is 4.79 Å². The molecule has 1 aliphatic rings. The predicted octanol–water partition coefficient (Wildman–Crippen LogP) is 4.48. The zero-order chi connectivity index (χ0) is 22.5. The molecule has 7 nitrogen and oxygen atoms in total. The third-order valence-electron chi connectivity index (χ3n) is 6.69. The number of amides is 1. The number of hydrogen-bond acceptors (Lipinski definition) is 3. The number of fused-ring (bicyclic) bond motifs is 2. The molecule has 33 heavy (non-hydrogen) atoms. The zero-order valence-electron chi connectivity index (χ0n) is 18.8. The van der Waals surface area contributed by atoms with Crippen LogP contribution < -0.4 is 5.32 Å². The Kier molecular flexibility index (Phi) is 4.57. The van der Waals surface area contributed by atoms with Crippen molar-refractivity contribution in [2.75, 3.05) is 0 Å². The van der Waals surface area contributed by atoms with E-state index in [2.05, 4.69) is 64.1 Å². The number of rotatable bonds is 6. The summed E-state index contributed by atoms with van der Waals surface area (Å²) in [6.45, 7) is 5.19. The van der Waals surface area contributed by atoms with E-state index in [1.165, 1.54) is 29.4 Å². The first kappa shape index (κ1) is 19.8. The summed E-state index contributed by atoms with van der Waals surface area (Å²) in [5.74, 6) is 0.586. The summed E-state index contributed by atoms with van der Waals surface area (Å²) in [7, 11) is 0. The molecule has 0 saturated heterocycles. The number of benzene rings is 1. The van der Waals surface area contributed by atoms with Gasteiger partial charge < -0.3 is 14.7 Å². The molecule has 0 radical (unpaired) electrons. The lowest BCUT2D eigenvalue weighted by molar-refractivity contribution is 0.0950. The third-order valence-corrected chi connectivity index (χ3v) is 6.69. The highest BCUT2D eigenvalue weighted by atomic mass is 16.1. The lowest BCUT2D eigenvalue weighted by atomic mass is 9.99. The van der Waals surface area contributed by atoms with Gasteiger partial charge in [-0.1, -0.05) is 6.07 Å². The molecule has 0 unspecified atom stereocenters. The SMILES string of the molecule is Cc1cc2[nH]ccc2c(C)c1CNC(=O)c1cnn(Cc2cn3cc(C4CC4)ccc3n2)c1. The van der Waals surface area contributed by atoms with Crippen molar-refractivity contribution in [2.24, 2.45) is 0 Å². The van der Waals surface area contributed by atoms with Crippen LogP contribution in [0.25, 0.3) is 16.6 Å². The van der Waals surface area contributed by atoms with Crippen LogP contribution >= 0.6 is 0 Å². The number of carbonyl (C=O) groups is 1. The average Bonchev–Trinajstić information content (AvgIpc) is 3.18. The highest BCUT2D eigenvalue weighted by molar-refractivity contribution is 5.94. The van der Waals surface area contributed by atoms with E-state index in [0.717, 1.165) is 28.0 Å². The van der Waals surface area contributed by atoms with Crippen LogP contribution in [0.1, 0.15) is 57.1 Å². The molecule has 6 rings (SSSR count). The van der Waals surface area contributed by atoms with Crippen molar-refractivity contribution in [1.29, 1.82) is 0 Å². The Balaban J connectivity index is 1.14. The number of aryl methyl sites for hydroxylation is 2. The van der Waals surface area contributed by atoms with E-state index in [9.17, 15) is 4.79 Å². The van der Waals surface area contributed by atoms with Gasteiger partial charge in [-0.2, -0.15) is 5.10 Å². The first-order valence-corrected chi connectivity index (χ1v) is 11.4. The number of aromatic nitrogens is 5. The number of imidazole rings is 1. The van der Waals surface area contributed by atoms with Gasteiger partial charge in [0.15, 0.2) is 0 Å². The average molecular weight is 439 g/mol. The fraction of sp³-hybridized carbons (Fsp3) is 0.269. The van der Waals surface area contributed by atoms with E-state index in [4.69, 9.17) is 4.98 Å². The Hall–Kier alpha value is -3.87. The molecule has 4 heterocycles. The molecule has 0 bridgehead atoms. The van der Waals surface area contributed by atoms with Crippen LogP contribution in [0.3, 0.4) is 0 Å². The molecule has 0 spiro atoms. The summed E-state index contributed by atoms with van der Waals surface area (Å²) in [5.41, 5.74) is 8.41. The summed E-state index contributed by atoms with van der Waals surface area (Å²) < 4.78 is 3.85. The summed E-state index contributed by atoms with van der Waals surface area (Å²) in [6.07, 6.45) is 12.1. The first-order valence-electron chi connectivity index (χ1n) is 11.4. The molecule has 1 amide bonds. The highest BCUT2D eigenvalue weighted by Crippen LogP contribution is 2.39. The van der Waals surface area contributed by atoms with Crippen molar-refractivity contribution in [3.05, 3.63) is 88.8 Å². The number of aromatic amines is 1. The quantitative estimate of drug-likeness (QED) is 0.410. The number of pyridine rings is 1. The molecule has 1 aromatic carbocycles. The third kappa shape index (κ3) is 3.69. The van der Waals surface area contributed by atoms with Crippen LogP contribution in [0.5, 0.6) is 0 Å². The van der Waals surface area contributed by atoms with Gasteiger partial charge in [0.05, 0.1) is 24.0 Å². The predicted molar refractivity (Wildman–Crippen MR) is 127 cm³/mol. The van der Waals surface area contributed by atoms with Crippen molar-refractivity contribution in [3.8, 4) is 0 Å². The van der Waals surface area contributed by atoms with Crippen LogP contribution in [0.4, 0.5) is 0 Å². The minimum atomic E-state index is -0.127. The van der Waals surface area contributed by atoms with E-state index < -0.39 is 0 Å². The standard InChI is InChI=1S/C26H26N6O/c1-16-9-24-22(7-8-27-24)17(2)23(16)11-28-26(33)20-10-29-32(13-20)15-21-14-31-12-19(18-3-4-18)5-6-25(31)30-21/h5-10,12-14,18,27H,3-4,11,15H2,1-2H3,(H,28,33). The number of H-pyrrole nitrogens is 1.